The van der Waals surface area contributed by atoms with Gasteiger partial charge in [-0.2, -0.15) is 0 Å². The van der Waals surface area contributed by atoms with Gasteiger partial charge in [-0.15, -0.1) is 0 Å². The molecule has 0 aliphatic carbocycles. The average molecular weight is 608 g/mol. The largest absolute Gasteiger partial charge is 0.417 e. The number of primary amides is 1. The molecule has 41 heavy (non-hydrogen) atoms. The topological polar surface area (TPSA) is 128 Å². The summed E-state index contributed by atoms with van der Waals surface area (Å²) in [6, 6.07) is 9.88. The molecule has 0 spiro atoms. The molecule has 1 amide bonds. The number of hydrogen-bond donors (Lipinski definition) is 3. The standard InChI is InChI=1S/C30H46FN3O5SSi/c1-28(2,3)41(8,9)39-17-16-29(4,5)34-40(37,38)24-13-11-23(12-14-24)33-30(6,7)19-21(20-35)26-18-22(31)10-15-25(26)27(32)36/h10-15,18,20-21,33-34H,16-17,19H2,1-9H3,(H2,32,36). The van der Waals surface area contributed by atoms with Crippen molar-refractivity contribution in [2.45, 2.75) is 101 Å². The predicted octanol–water partition coefficient (Wildman–Crippen LogP) is 5.96. The third kappa shape index (κ3) is 9.73. The van der Waals surface area contributed by atoms with Gasteiger partial charge >= 0.3 is 0 Å². The number of carbonyl (C=O) groups excluding carboxylic acids is 2. The monoisotopic (exact) mass is 607 g/mol. The van der Waals surface area contributed by atoms with Crippen molar-refractivity contribution in [2.75, 3.05) is 11.9 Å². The maximum absolute atomic E-state index is 13.9. The lowest BCUT2D eigenvalue weighted by atomic mass is 9.84. The fourth-order valence-corrected chi connectivity index (χ4v) is 6.74. The van der Waals surface area contributed by atoms with Crippen LogP contribution in [0.15, 0.2) is 47.4 Å². The third-order valence-electron chi connectivity index (χ3n) is 7.63. The van der Waals surface area contributed by atoms with Crippen molar-refractivity contribution >= 4 is 36.2 Å². The van der Waals surface area contributed by atoms with Crippen LogP contribution in [0.1, 0.15) is 83.1 Å². The summed E-state index contributed by atoms with van der Waals surface area (Å²) in [5, 5.41) is 3.37. The van der Waals surface area contributed by atoms with Crippen LogP contribution in [0.4, 0.5) is 10.1 Å². The van der Waals surface area contributed by atoms with Gasteiger partial charge in [-0.05, 0) is 107 Å². The molecule has 2 aromatic rings. The Hall–Kier alpha value is -2.60. The van der Waals surface area contributed by atoms with E-state index < -0.39 is 47.1 Å². The Bertz CT molecular complexity index is 1340. The first-order valence-electron chi connectivity index (χ1n) is 13.7. The summed E-state index contributed by atoms with van der Waals surface area (Å²) in [7, 11) is -5.73. The highest BCUT2D eigenvalue weighted by molar-refractivity contribution is 7.89. The quantitative estimate of drug-likeness (QED) is 0.180. The summed E-state index contributed by atoms with van der Waals surface area (Å²) < 4.78 is 49.3. The number of anilines is 1. The Labute approximate surface area is 245 Å². The van der Waals surface area contributed by atoms with Crippen LogP contribution in [-0.4, -0.2) is 46.6 Å². The number of sulfonamides is 1. The highest BCUT2D eigenvalue weighted by Gasteiger charge is 2.37. The van der Waals surface area contributed by atoms with Crippen molar-refractivity contribution in [3.8, 4) is 0 Å². The molecule has 0 bridgehead atoms. The van der Waals surface area contributed by atoms with Crippen LogP contribution in [0.25, 0.3) is 0 Å². The van der Waals surface area contributed by atoms with E-state index in [-0.39, 0.29) is 27.5 Å². The average Bonchev–Trinajstić information content (AvgIpc) is 2.80. The molecule has 4 N–H and O–H groups in total. The molecular weight excluding hydrogens is 561 g/mol. The normalized spacial score (nSPS) is 14.0. The van der Waals surface area contributed by atoms with Crippen molar-refractivity contribution in [1.82, 2.24) is 4.72 Å². The van der Waals surface area contributed by atoms with E-state index in [0.29, 0.717) is 25.0 Å². The number of nitrogens with two attached hydrogens (primary N) is 1. The molecule has 2 aromatic carbocycles. The first kappa shape index (κ1) is 34.6. The van der Waals surface area contributed by atoms with E-state index >= 15 is 0 Å². The maximum atomic E-state index is 13.9. The van der Waals surface area contributed by atoms with Gasteiger partial charge in [0.15, 0.2) is 8.32 Å². The highest BCUT2D eigenvalue weighted by Crippen LogP contribution is 2.37. The first-order chi connectivity index (χ1) is 18.6. The summed E-state index contributed by atoms with van der Waals surface area (Å²) >= 11 is 0. The number of amides is 1. The summed E-state index contributed by atoms with van der Waals surface area (Å²) in [6.07, 6.45) is 1.42. The van der Waals surface area contributed by atoms with Gasteiger partial charge in [0.25, 0.3) is 0 Å². The Kier molecular flexibility index (Phi) is 10.7. The predicted molar refractivity (Wildman–Crippen MR) is 165 cm³/mol. The summed E-state index contributed by atoms with van der Waals surface area (Å²) in [6.45, 7) is 18.7. The molecule has 0 aliphatic rings. The Morgan fingerprint density at radius 2 is 1.61 bits per heavy atom. The second-order valence-corrected chi connectivity index (χ2v) is 19.9. The highest BCUT2D eigenvalue weighted by atomic mass is 32.2. The molecule has 228 valence electrons. The minimum absolute atomic E-state index is 0.0705. The van der Waals surface area contributed by atoms with Gasteiger partial charge in [-0.3, -0.25) is 4.79 Å². The van der Waals surface area contributed by atoms with Crippen molar-refractivity contribution in [2.24, 2.45) is 5.73 Å². The van der Waals surface area contributed by atoms with E-state index in [1.54, 1.807) is 12.1 Å². The third-order valence-corrected chi connectivity index (χ3v) is 13.9. The molecule has 1 atom stereocenters. The first-order valence-corrected chi connectivity index (χ1v) is 18.1. The molecule has 1 unspecified atom stereocenters. The number of halogens is 1. The molecule has 0 saturated carbocycles. The summed E-state index contributed by atoms with van der Waals surface area (Å²) in [5.74, 6) is -2.10. The van der Waals surface area contributed by atoms with Crippen molar-refractivity contribution in [1.29, 1.82) is 0 Å². The zero-order valence-corrected chi connectivity index (χ0v) is 27.5. The van der Waals surface area contributed by atoms with E-state index in [2.05, 4.69) is 43.9 Å². The molecule has 0 radical (unpaired) electrons. The molecule has 0 aliphatic heterocycles. The van der Waals surface area contributed by atoms with Crippen LogP contribution in [0.2, 0.25) is 18.1 Å². The zero-order valence-electron chi connectivity index (χ0n) is 25.7. The lowest BCUT2D eigenvalue weighted by molar-refractivity contribution is -0.109. The van der Waals surface area contributed by atoms with E-state index in [0.717, 1.165) is 12.1 Å². The minimum Gasteiger partial charge on any atom is -0.417 e. The number of rotatable bonds is 14. The Morgan fingerprint density at radius 1 is 1.02 bits per heavy atom. The fraction of sp³-hybridized carbons (Fsp3) is 0.533. The number of aldehydes is 1. The minimum atomic E-state index is -3.80. The zero-order chi connectivity index (χ0) is 31.4. The number of hydrogen-bond acceptors (Lipinski definition) is 6. The van der Waals surface area contributed by atoms with Gasteiger partial charge in [0.1, 0.15) is 12.1 Å². The van der Waals surface area contributed by atoms with Gasteiger partial charge in [-0.25, -0.2) is 17.5 Å². The van der Waals surface area contributed by atoms with E-state index in [4.69, 9.17) is 10.2 Å². The number of carbonyl (C=O) groups is 2. The Balaban J connectivity index is 2.10. The van der Waals surface area contributed by atoms with Crippen molar-refractivity contribution in [3.63, 3.8) is 0 Å². The number of nitrogens with one attached hydrogen (secondary N) is 2. The van der Waals surface area contributed by atoms with Gasteiger partial charge in [0.2, 0.25) is 15.9 Å². The molecule has 0 heterocycles. The van der Waals surface area contributed by atoms with Gasteiger partial charge < -0.3 is 20.3 Å². The van der Waals surface area contributed by atoms with Crippen LogP contribution in [0, 0.1) is 5.82 Å². The number of benzene rings is 2. The van der Waals surface area contributed by atoms with Crippen molar-refractivity contribution < 1.29 is 26.8 Å². The van der Waals surface area contributed by atoms with E-state index in [1.165, 1.54) is 18.2 Å². The molecule has 0 fully saturated rings. The van der Waals surface area contributed by atoms with E-state index in [1.807, 2.05) is 27.7 Å². The van der Waals surface area contributed by atoms with Crippen LogP contribution in [-0.2, 0) is 19.2 Å². The Morgan fingerprint density at radius 3 is 2.12 bits per heavy atom. The van der Waals surface area contributed by atoms with Crippen LogP contribution in [0.5, 0.6) is 0 Å². The molecular formula is C30H46FN3O5SSi. The fourth-order valence-electron chi connectivity index (χ4n) is 4.26. The lowest BCUT2D eigenvalue weighted by Crippen LogP contribution is -2.46. The van der Waals surface area contributed by atoms with Gasteiger partial charge in [-0.1, -0.05) is 20.8 Å². The molecule has 2 rings (SSSR count). The molecule has 11 heteroatoms. The smallest absolute Gasteiger partial charge is 0.249 e. The van der Waals surface area contributed by atoms with Crippen LogP contribution < -0.4 is 15.8 Å². The van der Waals surface area contributed by atoms with Crippen LogP contribution in [0.3, 0.4) is 0 Å². The van der Waals surface area contributed by atoms with Gasteiger partial charge in [0.05, 0.1) is 4.90 Å². The summed E-state index contributed by atoms with van der Waals surface area (Å²) in [5.41, 5.74) is 4.99. The lowest BCUT2D eigenvalue weighted by Gasteiger charge is -2.37. The second-order valence-electron chi connectivity index (χ2n) is 13.4. The van der Waals surface area contributed by atoms with Crippen molar-refractivity contribution in [3.05, 3.63) is 59.4 Å². The summed E-state index contributed by atoms with van der Waals surface area (Å²) in [4.78, 5) is 23.9. The SMILES string of the molecule is CC(C)(CC(C=O)c1cc(F)ccc1C(N)=O)Nc1ccc(S(=O)(=O)NC(C)(C)CCO[Si](C)(C)C(C)(C)C)cc1. The maximum Gasteiger partial charge on any atom is 0.249 e. The molecule has 0 aromatic heterocycles. The molecule has 8 nitrogen and oxygen atoms in total. The van der Waals surface area contributed by atoms with E-state index in [9.17, 15) is 22.4 Å². The van der Waals surface area contributed by atoms with Crippen LogP contribution >= 0.6 is 0 Å². The second kappa shape index (κ2) is 12.7. The van der Waals surface area contributed by atoms with Gasteiger partial charge in [0, 0.05) is 34.9 Å². The molecule has 0 saturated heterocycles.